The molecule has 2 fully saturated rings. The molecule has 3 atom stereocenters. The number of fused-ring (bicyclic) bond motifs is 1. The molecule has 78 valence electrons. The zero-order chi connectivity index (χ0) is 10.7. The molecule has 1 saturated heterocycles. The van der Waals surface area contributed by atoms with Gasteiger partial charge in [-0.3, -0.25) is 9.59 Å². The number of piperidine rings is 1. The van der Waals surface area contributed by atoms with Gasteiger partial charge in [0, 0.05) is 13.5 Å². The van der Waals surface area contributed by atoms with Crippen LogP contribution in [0.3, 0.4) is 0 Å². The number of nitrogens with zero attached hydrogens (tertiary/aromatic N) is 1. The number of amides is 1. The largest absolute Gasteiger partial charge is 0.332 e. The highest BCUT2D eigenvalue weighted by molar-refractivity contribution is 5.88. The van der Waals surface area contributed by atoms with E-state index >= 15 is 0 Å². The van der Waals surface area contributed by atoms with E-state index in [0.29, 0.717) is 11.8 Å². The van der Waals surface area contributed by atoms with Crippen LogP contribution in [0.15, 0.2) is 0 Å². The molecule has 0 spiro atoms. The van der Waals surface area contributed by atoms with Crippen molar-refractivity contribution in [3.05, 3.63) is 0 Å². The summed E-state index contributed by atoms with van der Waals surface area (Å²) >= 11 is 0. The van der Waals surface area contributed by atoms with Gasteiger partial charge in [-0.1, -0.05) is 13.8 Å². The number of hydrogen-bond donors (Lipinski definition) is 0. The Labute approximate surface area is 84.5 Å². The molecule has 0 N–H and O–H groups in total. The van der Waals surface area contributed by atoms with Gasteiger partial charge in [-0.15, -0.1) is 0 Å². The Kier molecular flexibility index (Phi) is 1.79. The third-order valence-electron chi connectivity index (χ3n) is 4.03. The summed E-state index contributed by atoms with van der Waals surface area (Å²) in [6, 6.07) is -0.146. The minimum absolute atomic E-state index is 0.0354. The molecule has 2 aliphatic rings. The van der Waals surface area contributed by atoms with Crippen LogP contribution in [0, 0.1) is 17.3 Å². The van der Waals surface area contributed by atoms with E-state index in [2.05, 4.69) is 13.8 Å². The SMILES string of the molecule is CC(=O)[C@@H]1[C@@H]2[C@H](CN1C(C)=O)C2(C)C. The van der Waals surface area contributed by atoms with E-state index in [0.717, 1.165) is 6.54 Å². The van der Waals surface area contributed by atoms with Gasteiger partial charge in [-0.05, 0) is 24.2 Å². The molecule has 3 nitrogen and oxygen atoms in total. The summed E-state index contributed by atoms with van der Waals surface area (Å²) in [5.74, 6) is 1.12. The van der Waals surface area contributed by atoms with Crippen LogP contribution in [0.2, 0.25) is 0 Å². The van der Waals surface area contributed by atoms with Crippen LogP contribution in [0.4, 0.5) is 0 Å². The highest BCUT2D eigenvalue weighted by Gasteiger charge is 2.68. The molecule has 1 aliphatic heterocycles. The van der Waals surface area contributed by atoms with Crippen molar-refractivity contribution in [3.8, 4) is 0 Å². The fourth-order valence-corrected chi connectivity index (χ4v) is 3.08. The maximum atomic E-state index is 11.5. The molecule has 0 radical (unpaired) electrons. The number of likely N-dealkylation sites (tertiary alicyclic amines) is 1. The Balaban J connectivity index is 2.23. The molecule has 0 aromatic heterocycles. The van der Waals surface area contributed by atoms with Crippen LogP contribution < -0.4 is 0 Å². The summed E-state index contributed by atoms with van der Waals surface area (Å²) in [7, 11) is 0. The van der Waals surface area contributed by atoms with Crippen molar-refractivity contribution in [2.24, 2.45) is 17.3 Å². The lowest BCUT2D eigenvalue weighted by molar-refractivity contribution is -0.136. The van der Waals surface area contributed by atoms with Gasteiger partial charge in [-0.25, -0.2) is 0 Å². The first kappa shape index (κ1) is 9.69. The quantitative estimate of drug-likeness (QED) is 0.628. The Morgan fingerprint density at radius 1 is 1.29 bits per heavy atom. The summed E-state index contributed by atoms with van der Waals surface area (Å²) in [5.41, 5.74) is 0.266. The number of carbonyl (C=O) groups is 2. The summed E-state index contributed by atoms with van der Waals surface area (Å²) < 4.78 is 0. The molecule has 0 aromatic rings. The summed E-state index contributed by atoms with van der Waals surface area (Å²) in [6.45, 7) is 8.30. The minimum atomic E-state index is -0.146. The average Bonchev–Trinajstić information content (AvgIpc) is 2.47. The third-order valence-corrected chi connectivity index (χ3v) is 4.03. The van der Waals surface area contributed by atoms with Crippen LogP contribution in [-0.2, 0) is 9.59 Å². The summed E-state index contributed by atoms with van der Waals surface area (Å²) in [5, 5.41) is 0. The van der Waals surface area contributed by atoms with E-state index in [-0.39, 0.29) is 23.1 Å². The van der Waals surface area contributed by atoms with Crippen LogP contribution in [-0.4, -0.2) is 29.2 Å². The van der Waals surface area contributed by atoms with E-state index in [1.54, 1.807) is 18.7 Å². The molecule has 1 heterocycles. The van der Waals surface area contributed by atoms with Crippen LogP contribution in [0.1, 0.15) is 27.7 Å². The van der Waals surface area contributed by atoms with E-state index in [4.69, 9.17) is 0 Å². The van der Waals surface area contributed by atoms with E-state index in [9.17, 15) is 9.59 Å². The first-order valence-corrected chi connectivity index (χ1v) is 5.15. The highest BCUT2D eigenvalue weighted by Crippen LogP contribution is 2.64. The van der Waals surface area contributed by atoms with Crippen molar-refractivity contribution in [1.29, 1.82) is 0 Å². The smallest absolute Gasteiger partial charge is 0.220 e. The van der Waals surface area contributed by atoms with Gasteiger partial charge in [0.15, 0.2) is 5.78 Å². The Hall–Kier alpha value is -0.860. The Bertz CT molecular complexity index is 308. The normalized spacial score (nSPS) is 38.0. The fraction of sp³-hybridized carbons (Fsp3) is 0.818. The number of ketones is 1. The predicted molar refractivity (Wildman–Crippen MR) is 52.6 cm³/mol. The molecule has 2 rings (SSSR count). The van der Waals surface area contributed by atoms with Gasteiger partial charge in [0.05, 0.1) is 6.04 Å². The number of carbonyl (C=O) groups excluding carboxylic acids is 2. The van der Waals surface area contributed by atoms with Crippen molar-refractivity contribution >= 4 is 11.7 Å². The van der Waals surface area contributed by atoms with Gasteiger partial charge >= 0.3 is 0 Å². The highest BCUT2D eigenvalue weighted by atomic mass is 16.2. The molecule has 0 bridgehead atoms. The van der Waals surface area contributed by atoms with Crippen LogP contribution in [0.5, 0.6) is 0 Å². The van der Waals surface area contributed by atoms with Gasteiger partial charge in [0.1, 0.15) is 0 Å². The number of hydrogen-bond acceptors (Lipinski definition) is 2. The van der Waals surface area contributed by atoms with Crippen molar-refractivity contribution in [2.45, 2.75) is 33.7 Å². The Morgan fingerprint density at radius 3 is 2.29 bits per heavy atom. The van der Waals surface area contributed by atoms with Crippen LogP contribution in [0.25, 0.3) is 0 Å². The zero-order valence-electron chi connectivity index (χ0n) is 9.20. The molecule has 0 unspecified atom stereocenters. The van der Waals surface area contributed by atoms with Crippen LogP contribution >= 0.6 is 0 Å². The van der Waals surface area contributed by atoms with E-state index in [1.807, 2.05) is 0 Å². The first-order valence-electron chi connectivity index (χ1n) is 5.15. The topological polar surface area (TPSA) is 37.4 Å². The molecule has 0 aromatic carbocycles. The molecule has 1 aliphatic carbocycles. The number of rotatable bonds is 1. The lowest BCUT2D eigenvalue weighted by Crippen LogP contribution is -2.43. The van der Waals surface area contributed by atoms with Crippen molar-refractivity contribution in [1.82, 2.24) is 4.90 Å². The van der Waals surface area contributed by atoms with Gasteiger partial charge in [-0.2, -0.15) is 0 Å². The second-order valence-electron chi connectivity index (χ2n) is 5.18. The zero-order valence-corrected chi connectivity index (χ0v) is 9.20. The second kappa shape index (κ2) is 2.59. The monoisotopic (exact) mass is 195 g/mol. The first-order chi connectivity index (χ1) is 6.37. The summed E-state index contributed by atoms with van der Waals surface area (Å²) in [4.78, 5) is 24.5. The van der Waals surface area contributed by atoms with Crippen molar-refractivity contribution in [2.75, 3.05) is 6.54 Å². The standard InChI is InChI=1S/C11H17NO2/c1-6(13)10-9-8(11(9,3)4)5-12(10)7(2)14/h8-10H,5H2,1-4H3/t8-,9-,10+/m0/s1. The third kappa shape index (κ3) is 1.04. The van der Waals surface area contributed by atoms with Gasteiger partial charge < -0.3 is 4.90 Å². The van der Waals surface area contributed by atoms with E-state index in [1.165, 1.54) is 0 Å². The molecule has 3 heteroatoms. The number of Topliss-reactive ketones (excluding diaryl/α,β-unsaturated/α-hetero) is 1. The molecule has 1 amide bonds. The van der Waals surface area contributed by atoms with Gasteiger partial charge in [0.25, 0.3) is 0 Å². The molecule has 1 saturated carbocycles. The fourth-order valence-electron chi connectivity index (χ4n) is 3.08. The minimum Gasteiger partial charge on any atom is -0.332 e. The maximum Gasteiger partial charge on any atom is 0.220 e. The predicted octanol–water partition coefficient (Wildman–Crippen LogP) is 1.08. The molecular formula is C11H17NO2. The average molecular weight is 195 g/mol. The van der Waals surface area contributed by atoms with Gasteiger partial charge in [0.2, 0.25) is 5.91 Å². The van der Waals surface area contributed by atoms with E-state index < -0.39 is 0 Å². The molecular weight excluding hydrogens is 178 g/mol. The maximum absolute atomic E-state index is 11.5. The lowest BCUT2D eigenvalue weighted by atomic mass is 9.99. The van der Waals surface area contributed by atoms with Crippen molar-refractivity contribution < 1.29 is 9.59 Å². The second-order valence-corrected chi connectivity index (χ2v) is 5.18. The van der Waals surface area contributed by atoms with Crippen molar-refractivity contribution in [3.63, 3.8) is 0 Å². The lowest BCUT2D eigenvalue weighted by Gasteiger charge is -2.28. The molecule has 14 heavy (non-hydrogen) atoms. The Morgan fingerprint density at radius 2 is 1.86 bits per heavy atom. The summed E-state index contributed by atoms with van der Waals surface area (Å²) in [6.07, 6.45) is 0.